The van der Waals surface area contributed by atoms with Crippen molar-refractivity contribution in [1.29, 1.82) is 0 Å². The van der Waals surface area contributed by atoms with Crippen molar-refractivity contribution in [3.8, 4) is 0 Å². The van der Waals surface area contributed by atoms with Crippen molar-refractivity contribution in [2.75, 3.05) is 6.54 Å². The van der Waals surface area contributed by atoms with Crippen molar-refractivity contribution in [1.82, 2.24) is 5.32 Å². The summed E-state index contributed by atoms with van der Waals surface area (Å²) in [6.07, 6.45) is 3.49. The Morgan fingerprint density at radius 1 is 1.15 bits per heavy atom. The normalized spacial score (nSPS) is 10.4. The predicted molar refractivity (Wildman–Crippen MR) is 75.4 cm³/mol. The lowest BCUT2D eigenvalue weighted by molar-refractivity contribution is -0.137. The number of nitrogens with one attached hydrogen (secondary N) is 1. The maximum Gasteiger partial charge on any atom is 0.303 e. The standard InChI is InChI=1S/C15H17NO4/c1-11(17)16-10-2-3-12-4-6-13(7-5-12)14(18)8-9-15(19)20/h2-7H,8-10H2,1H3,(H,16,17)(H,19,20). The van der Waals surface area contributed by atoms with E-state index in [-0.39, 0.29) is 24.5 Å². The zero-order valence-corrected chi connectivity index (χ0v) is 11.3. The lowest BCUT2D eigenvalue weighted by Gasteiger charge is -2.00. The van der Waals surface area contributed by atoms with Crippen LogP contribution in [-0.2, 0) is 9.59 Å². The van der Waals surface area contributed by atoms with Gasteiger partial charge in [-0.25, -0.2) is 0 Å². The van der Waals surface area contributed by atoms with E-state index in [0.29, 0.717) is 12.1 Å². The summed E-state index contributed by atoms with van der Waals surface area (Å²) in [5.74, 6) is -1.24. The van der Waals surface area contributed by atoms with E-state index in [9.17, 15) is 14.4 Å². The van der Waals surface area contributed by atoms with Gasteiger partial charge in [-0.15, -0.1) is 0 Å². The maximum absolute atomic E-state index is 11.7. The summed E-state index contributed by atoms with van der Waals surface area (Å²) < 4.78 is 0. The molecule has 0 unspecified atom stereocenters. The van der Waals surface area contributed by atoms with Crippen LogP contribution in [0.15, 0.2) is 30.3 Å². The molecule has 0 atom stereocenters. The molecule has 0 radical (unpaired) electrons. The minimum absolute atomic E-state index is 0.00699. The molecule has 20 heavy (non-hydrogen) atoms. The van der Waals surface area contributed by atoms with E-state index in [2.05, 4.69) is 5.32 Å². The molecule has 0 bridgehead atoms. The van der Waals surface area contributed by atoms with Crippen LogP contribution in [-0.4, -0.2) is 29.3 Å². The first-order valence-corrected chi connectivity index (χ1v) is 6.25. The van der Waals surface area contributed by atoms with Gasteiger partial charge in [0.1, 0.15) is 0 Å². The van der Waals surface area contributed by atoms with Gasteiger partial charge >= 0.3 is 5.97 Å². The van der Waals surface area contributed by atoms with Crippen molar-refractivity contribution in [3.05, 3.63) is 41.5 Å². The number of benzene rings is 1. The number of carbonyl (C=O) groups is 3. The molecule has 5 nitrogen and oxygen atoms in total. The van der Waals surface area contributed by atoms with Crippen molar-refractivity contribution >= 4 is 23.7 Å². The lowest BCUT2D eigenvalue weighted by atomic mass is 10.0. The van der Waals surface area contributed by atoms with Crippen molar-refractivity contribution in [3.63, 3.8) is 0 Å². The third-order valence-corrected chi connectivity index (χ3v) is 2.58. The largest absolute Gasteiger partial charge is 0.481 e. The molecule has 0 spiro atoms. The fourth-order valence-corrected chi connectivity index (χ4v) is 1.54. The van der Waals surface area contributed by atoms with Crippen LogP contribution in [0.25, 0.3) is 6.08 Å². The topological polar surface area (TPSA) is 83.5 Å². The average Bonchev–Trinajstić information content (AvgIpc) is 2.41. The van der Waals surface area contributed by atoms with E-state index >= 15 is 0 Å². The highest BCUT2D eigenvalue weighted by Crippen LogP contribution is 2.09. The zero-order chi connectivity index (χ0) is 15.0. The molecule has 0 saturated carbocycles. The Labute approximate surface area is 117 Å². The van der Waals surface area contributed by atoms with Crippen LogP contribution >= 0.6 is 0 Å². The second-order valence-electron chi connectivity index (χ2n) is 4.28. The number of rotatable bonds is 7. The molecular formula is C15H17NO4. The summed E-state index contributed by atoms with van der Waals surface area (Å²) in [4.78, 5) is 32.7. The Hall–Kier alpha value is -2.43. The van der Waals surface area contributed by atoms with Crippen LogP contribution in [0.5, 0.6) is 0 Å². The molecule has 106 valence electrons. The Bertz CT molecular complexity index is 517. The Morgan fingerprint density at radius 3 is 2.35 bits per heavy atom. The van der Waals surface area contributed by atoms with Crippen molar-refractivity contribution in [2.45, 2.75) is 19.8 Å². The molecule has 1 aromatic carbocycles. The third-order valence-electron chi connectivity index (χ3n) is 2.58. The number of aliphatic carboxylic acids is 1. The van der Waals surface area contributed by atoms with Gasteiger partial charge in [-0.3, -0.25) is 14.4 Å². The van der Waals surface area contributed by atoms with Crippen LogP contribution in [0.1, 0.15) is 35.7 Å². The molecule has 0 fully saturated rings. The number of hydrogen-bond acceptors (Lipinski definition) is 3. The molecule has 0 aliphatic rings. The van der Waals surface area contributed by atoms with Gasteiger partial charge in [-0.05, 0) is 5.56 Å². The number of ketones is 1. The molecular weight excluding hydrogens is 258 g/mol. The summed E-state index contributed by atoms with van der Waals surface area (Å²) in [5, 5.41) is 11.2. The highest BCUT2D eigenvalue weighted by Gasteiger charge is 2.07. The van der Waals surface area contributed by atoms with E-state index in [1.807, 2.05) is 12.2 Å². The summed E-state index contributed by atoms with van der Waals surface area (Å²) in [7, 11) is 0. The highest BCUT2D eigenvalue weighted by atomic mass is 16.4. The first-order chi connectivity index (χ1) is 9.49. The molecule has 1 aromatic rings. The summed E-state index contributed by atoms with van der Waals surface area (Å²) in [6.45, 7) is 1.90. The van der Waals surface area contributed by atoms with Gasteiger partial charge in [0.15, 0.2) is 5.78 Å². The van der Waals surface area contributed by atoms with Crippen LogP contribution in [0.2, 0.25) is 0 Å². The molecule has 1 rings (SSSR count). The van der Waals surface area contributed by atoms with Gasteiger partial charge in [-0.1, -0.05) is 36.4 Å². The van der Waals surface area contributed by atoms with Gasteiger partial charge in [-0.2, -0.15) is 0 Å². The number of carboxylic acids is 1. The Kier molecular flexibility index (Phi) is 6.16. The number of Topliss-reactive ketones (excluding diaryl/α,β-unsaturated/α-hetero) is 1. The maximum atomic E-state index is 11.7. The zero-order valence-electron chi connectivity index (χ0n) is 11.3. The quantitative estimate of drug-likeness (QED) is 0.744. The van der Waals surface area contributed by atoms with Crippen LogP contribution < -0.4 is 5.32 Å². The van der Waals surface area contributed by atoms with E-state index < -0.39 is 5.97 Å². The van der Waals surface area contributed by atoms with E-state index in [4.69, 9.17) is 5.11 Å². The van der Waals surface area contributed by atoms with Crippen LogP contribution in [0.3, 0.4) is 0 Å². The minimum Gasteiger partial charge on any atom is -0.481 e. The van der Waals surface area contributed by atoms with Crippen molar-refractivity contribution in [2.24, 2.45) is 0 Å². The first-order valence-electron chi connectivity index (χ1n) is 6.25. The Morgan fingerprint density at radius 2 is 1.80 bits per heavy atom. The monoisotopic (exact) mass is 275 g/mol. The molecule has 1 amide bonds. The minimum atomic E-state index is -0.976. The Balaban J connectivity index is 2.53. The van der Waals surface area contributed by atoms with Gasteiger partial charge in [0, 0.05) is 25.5 Å². The summed E-state index contributed by atoms with van der Waals surface area (Å²) in [5.41, 5.74) is 1.41. The molecule has 5 heteroatoms. The second kappa shape index (κ2) is 7.89. The summed E-state index contributed by atoms with van der Waals surface area (Å²) in [6, 6.07) is 6.89. The molecule has 0 aliphatic carbocycles. The number of carboxylic acid groups (broad SMARTS) is 1. The highest BCUT2D eigenvalue weighted by molar-refractivity contribution is 5.97. The summed E-state index contributed by atoms with van der Waals surface area (Å²) >= 11 is 0. The average molecular weight is 275 g/mol. The van der Waals surface area contributed by atoms with Crippen molar-refractivity contribution < 1.29 is 19.5 Å². The predicted octanol–water partition coefficient (Wildman–Crippen LogP) is 1.88. The van der Waals surface area contributed by atoms with E-state index in [1.165, 1.54) is 6.92 Å². The molecule has 2 N–H and O–H groups in total. The number of carbonyl (C=O) groups excluding carboxylic acids is 2. The second-order valence-corrected chi connectivity index (χ2v) is 4.28. The van der Waals surface area contributed by atoms with E-state index in [1.54, 1.807) is 24.3 Å². The van der Waals surface area contributed by atoms with Crippen LogP contribution in [0, 0.1) is 0 Å². The SMILES string of the molecule is CC(=O)NCC=Cc1ccc(C(=O)CCC(=O)O)cc1. The fraction of sp³-hybridized carbons (Fsp3) is 0.267. The fourth-order valence-electron chi connectivity index (χ4n) is 1.54. The molecule has 0 heterocycles. The molecule has 0 saturated heterocycles. The first kappa shape index (κ1) is 15.6. The third kappa shape index (κ3) is 5.95. The number of hydrogen-bond donors (Lipinski definition) is 2. The van der Waals surface area contributed by atoms with Gasteiger partial charge in [0.25, 0.3) is 0 Å². The van der Waals surface area contributed by atoms with Gasteiger partial charge in [0.05, 0.1) is 6.42 Å². The van der Waals surface area contributed by atoms with Crippen LogP contribution in [0.4, 0.5) is 0 Å². The van der Waals surface area contributed by atoms with Gasteiger partial charge < -0.3 is 10.4 Å². The number of amides is 1. The smallest absolute Gasteiger partial charge is 0.303 e. The lowest BCUT2D eigenvalue weighted by Crippen LogP contribution is -2.19. The van der Waals surface area contributed by atoms with Gasteiger partial charge in [0.2, 0.25) is 5.91 Å². The molecule has 0 aromatic heterocycles. The van der Waals surface area contributed by atoms with E-state index in [0.717, 1.165) is 5.56 Å². The molecule has 0 aliphatic heterocycles.